The minimum atomic E-state index is -4.96. The molecule has 0 aliphatic rings. The monoisotopic (exact) mass is 1410 g/mol. The molecule has 0 aromatic heterocycles. The summed E-state index contributed by atoms with van der Waals surface area (Å²) < 4.78 is 68.6. The molecular weight excluding hydrogens is 1260 g/mol. The average Bonchev–Trinajstić information content (AvgIpc) is 1.09. The maximum absolute atomic E-state index is 13.1. The zero-order valence-electron chi connectivity index (χ0n) is 62.8. The van der Waals surface area contributed by atoms with E-state index in [0.29, 0.717) is 25.7 Å². The largest absolute Gasteiger partial charge is 0.472 e. The molecule has 0 saturated carbocycles. The molecule has 0 aromatic carbocycles. The Labute approximate surface area is 588 Å². The highest BCUT2D eigenvalue weighted by Crippen LogP contribution is 2.45. The molecule has 3 N–H and O–H groups in total. The summed E-state index contributed by atoms with van der Waals surface area (Å²) >= 11 is 0. The van der Waals surface area contributed by atoms with Crippen molar-refractivity contribution in [3.05, 3.63) is 0 Å². The maximum Gasteiger partial charge on any atom is 0.472 e. The number of phosphoric acid groups is 2. The Balaban J connectivity index is 5.25. The molecule has 0 amide bonds. The molecule has 0 rings (SSSR count). The van der Waals surface area contributed by atoms with E-state index in [0.717, 1.165) is 108 Å². The molecule has 0 aliphatic carbocycles. The molecule has 570 valence electrons. The highest BCUT2D eigenvalue weighted by Gasteiger charge is 2.30. The first kappa shape index (κ1) is 94.1. The number of carbonyl (C=O) groups is 4. The Morgan fingerprint density at radius 3 is 0.708 bits per heavy atom. The van der Waals surface area contributed by atoms with Gasteiger partial charge in [0.15, 0.2) is 12.2 Å². The van der Waals surface area contributed by atoms with Crippen molar-refractivity contribution in [3.63, 3.8) is 0 Å². The fourth-order valence-corrected chi connectivity index (χ4v) is 13.4. The molecular formula is C77H150O17P2. The second kappa shape index (κ2) is 67.5. The summed E-state index contributed by atoms with van der Waals surface area (Å²) in [4.78, 5) is 72.9. The molecule has 0 radical (unpaired) electrons. The van der Waals surface area contributed by atoms with Crippen LogP contribution in [0.1, 0.15) is 395 Å². The van der Waals surface area contributed by atoms with E-state index in [1.165, 1.54) is 205 Å². The van der Waals surface area contributed by atoms with Gasteiger partial charge in [0.1, 0.15) is 19.3 Å². The van der Waals surface area contributed by atoms with Crippen molar-refractivity contribution < 1.29 is 80.2 Å². The van der Waals surface area contributed by atoms with Crippen LogP contribution < -0.4 is 0 Å². The number of ether oxygens (including phenoxy) is 4. The first-order valence-corrected chi connectivity index (χ1v) is 42.8. The van der Waals surface area contributed by atoms with Crippen molar-refractivity contribution in [1.82, 2.24) is 0 Å². The number of esters is 4. The van der Waals surface area contributed by atoms with E-state index in [1.54, 1.807) is 0 Å². The number of aliphatic hydroxyl groups is 1. The number of carbonyl (C=O) groups excluding carboxylic acids is 4. The van der Waals surface area contributed by atoms with Crippen molar-refractivity contribution in [2.45, 2.75) is 414 Å². The second-order valence-electron chi connectivity index (χ2n) is 29.2. The predicted molar refractivity (Wildman–Crippen MR) is 391 cm³/mol. The van der Waals surface area contributed by atoms with Crippen LogP contribution in [-0.2, 0) is 65.4 Å². The highest BCUT2D eigenvalue weighted by molar-refractivity contribution is 7.47. The van der Waals surface area contributed by atoms with Gasteiger partial charge in [-0.15, -0.1) is 0 Å². The Hall–Kier alpha value is -1.94. The SMILES string of the molecule is CCCCCCCCCCCCCCCCCCC(=O)OC[C@H](COP(=O)(O)OC[C@@H](O)COP(=O)(O)OC[C@@H](COC(=O)CCCCCCCCCCC(C)C)OC(=O)CCCCCCCCCCCC(C)C)OC(=O)CCCCCCCCCCCCCCCCC(C)C. The van der Waals surface area contributed by atoms with E-state index < -0.39 is 97.5 Å². The third kappa shape index (κ3) is 70.5. The van der Waals surface area contributed by atoms with Gasteiger partial charge in [-0.3, -0.25) is 37.3 Å². The maximum atomic E-state index is 13.1. The summed E-state index contributed by atoms with van der Waals surface area (Å²) in [6.45, 7) is 11.9. The Kier molecular flexibility index (Phi) is 66.2. The Morgan fingerprint density at radius 1 is 0.281 bits per heavy atom. The molecule has 2 unspecified atom stereocenters. The number of hydrogen-bond acceptors (Lipinski definition) is 15. The van der Waals surface area contributed by atoms with E-state index in [4.69, 9.17) is 37.0 Å². The van der Waals surface area contributed by atoms with Crippen LogP contribution in [-0.4, -0.2) is 96.7 Å². The third-order valence-electron chi connectivity index (χ3n) is 17.9. The quantitative estimate of drug-likeness (QED) is 0.0222. The van der Waals surface area contributed by atoms with Crippen LogP contribution in [0.3, 0.4) is 0 Å². The van der Waals surface area contributed by atoms with Gasteiger partial charge < -0.3 is 33.8 Å². The van der Waals surface area contributed by atoms with Crippen LogP contribution in [0.25, 0.3) is 0 Å². The molecule has 5 atom stereocenters. The molecule has 17 nitrogen and oxygen atoms in total. The smallest absolute Gasteiger partial charge is 0.462 e. The molecule has 19 heteroatoms. The molecule has 0 heterocycles. The van der Waals surface area contributed by atoms with E-state index in [1.807, 2.05) is 0 Å². The Morgan fingerprint density at radius 2 is 0.479 bits per heavy atom. The van der Waals surface area contributed by atoms with Crippen LogP contribution in [0.4, 0.5) is 0 Å². The van der Waals surface area contributed by atoms with Crippen molar-refractivity contribution in [2.24, 2.45) is 17.8 Å². The van der Waals surface area contributed by atoms with Crippen LogP contribution in [0.2, 0.25) is 0 Å². The number of hydrogen-bond donors (Lipinski definition) is 3. The molecule has 0 aliphatic heterocycles. The molecule has 0 spiro atoms. The van der Waals surface area contributed by atoms with Crippen molar-refractivity contribution in [2.75, 3.05) is 39.6 Å². The molecule has 0 fully saturated rings. The number of aliphatic hydroxyl groups excluding tert-OH is 1. The summed E-state index contributed by atoms with van der Waals surface area (Å²) in [5.74, 6) is 0.141. The minimum Gasteiger partial charge on any atom is -0.462 e. The molecule has 0 saturated heterocycles. The lowest BCUT2D eigenvalue weighted by atomic mass is 10.0. The second-order valence-corrected chi connectivity index (χ2v) is 32.1. The fourth-order valence-electron chi connectivity index (χ4n) is 11.8. The van der Waals surface area contributed by atoms with Crippen LogP contribution in [0.5, 0.6) is 0 Å². The minimum absolute atomic E-state index is 0.105. The molecule has 0 bridgehead atoms. The lowest BCUT2D eigenvalue weighted by Gasteiger charge is -2.21. The predicted octanol–water partition coefficient (Wildman–Crippen LogP) is 22.6. The first-order valence-electron chi connectivity index (χ1n) is 39.8. The van der Waals surface area contributed by atoms with Gasteiger partial charge in [0, 0.05) is 25.7 Å². The van der Waals surface area contributed by atoms with Gasteiger partial charge in [0.2, 0.25) is 0 Å². The summed E-state index contributed by atoms with van der Waals surface area (Å²) in [6, 6.07) is 0. The highest BCUT2D eigenvalue weighted by atomic mass is 31.2. The average molecular weight is 1410 g/mol. The molecule has 0 aromatic rings. The van der Waals surface area contributed by atoms with Crippen molar-refractivity contribution in [1.29, 1.82) is 0 Å². The van der Waals surface area contributed by atoms with E-state index in [9.17, 15) is 43.2 Å². The summed E-state index contributed by atoms with van der Waals surface area (Å²) in [5, 5.41) is 10.6. The summed E-state index contributed by atoms with van der Waals surface area (Å²) in [6.07, 6.45) is 54.1. The van der Waals surface area contributed by atoms with E-state index >= 15 is 0 Å². The van der Waals surface area contributed by atoms with Gasteiger partial charge in [0.25, 0.3) is 0 Å². The topological polar surface area (TPSA) is 237 Å². The van der Waals surface area contributed by atoms with Gasteiger partial charge in [-0.1, -0.05) is 344 Å². The van der Waals surface area contributed by atoms with Crippen molar-refractivity contribution >= 4 is 39.5 Å². The lowest BCUT2D eigenvalue weighted by molar-refractivity contribution is -0.161. The van der Waals surface area contributed by atoms with Crippen molar-refractivity contribution in [3.8, 4) is 0 Å². The van der Waals surface area contributed by atoms with Gasteiger partial charge >= 0.3 is 39.5 Å². The standard InChI is InChI=1S/C77H150O17P2/c1-8-9-10-11-12-13-14-15-16-17-21-24-29-37-44-51-58-74(79)87-64-72(93-76(81)60-53-46-39-30-25-22-19-18-20-23-27-34-41-48-55-68(2)3)66-91-95(83,84)89-62-71(78)63-90-96(85,86)92-67-73(65-88-75(80)59-52-45-38-33-32-36-43-50-57-70(6)7)94-77(82)61-54-47-40-31-26-28-35-42-49-56-69(4)5/h68-73,78H,8-67H2,1-7H3,(H,83,84)(H,85,86)/t71-,72-,73-/m1/s1. The molecule has 96 heavy (non-hydrogen) atoms. The van der Waals surface area contributed by atoms with Crippen LogP contribution in [0, 0.1) is 17.8 Å². The van der Waals surface area contributed by atoms with Crippen LogP contribution in [0.15, 0.2) is 0 Å². The third-order valence-corrected chi connectivity index (χ3v) is 19.8. The summed E-state index contributed by atoms with van der Waals surface area (Å²) in [7, 11) is -9.91. The summed E-state index contributed by atoms with van der Waals surface area (Å²) in [5.41, 5.74) is 0. The van der Waals surface area contributed by atoms with Gasteiger partial charge in [-0.2, -0.15) is 0 Å². The number of phosphoric ester groups is 2. The number of rotatable bonds is 75. The van der Waals surface area contributed by atoms with Crippen LogP contribution >= 0.6 is 15.6 Å². The normalized spacial score (nSPS) is 14.1. The van der Waals surface area contributed by atoms with Gasteiger partial charge in [-0.25, -0.2) is 9.13 Å². The number of unbranched alkanes of at least 4 members (excludes halogenated alkanes) is 43. The van der Waals surface area contributed by atoms with E-state index in [2.05, 4.69) is 48.5 Å². The van der Waals surface area contributed by atoms with E-state index in [-0.39, 0.29) is 25.7 Å². The van der Waals surface area contributed by atoms with Gasteiger partial charge in [0.05, 0.1) is 26.4 Å². The lowest BCUT2D eigenvalue weighted by Crippen LogP contribution is -2.30. The fraction of sp³-hybridized carbons (Fsp3) is 0.948. The van der Waals surface area contributed by atoms with Gasteiger partial charge in [-0.05, 0) is 43.4 Å². The Bertz CT molecular complexity index is 1870. The zero-order chi connectivity index (χ0) is 70.9. The first-order chi connectivity index (χ1) is 46.2. The zero-order valence-corrected chi connectivity index (χ0v) is 64.6.